The highest BCUT2D eigenvalue weighted by Crippen LogP contribution is 2.40. The van der Waals surface area contributed by atoms with Gasteiger partial charge in [-0.3, -0.25) is 0 Å². The quantitative estimate of drug-likeness (QED) is 0.760. The molecule has 2 atom stereocenters. The maximum Gasteiger partial charge on any atom is 0.0471 e. The maximum absolute atomic E-state index is 9.18. The van der Waals surface area contributed by atoms with Crippen LogP contribution in [0.1, 0.15) is 66.7 Å². The van der Waals surface area contributed by atoms with Crippen molar-refractivity contribution in [3.05, 3.63) is 0 Å². The second kappa shape index (κ2) is 6.91. The summed E-state index contributed by atoms with van der Waals surface area (Å²) in [5.41, 5.74) is 0.509. The predicted molar refractivity (Wildman–Crippen MR) is 78.7 cm³/mol. The highest BCUT2D eigenvalue weighted by molar-refractivity contribution is 4.86. The molecule has 18 heavy (non-hydrogen) atoms. The molecule has 2 nitrogen and oxygen atoms in total. The molecular weight excluding hydrogens is 222 g/mol. The van der Waals surface area contributed by atoms with Crippen molar-refractivity contribution in [3.8, 4) is 0 Å². The molecule has 2 N–H and O–H groups in total. The van der Waals surface area contributed by atoms with E-state index >= 15 is 0 Å². The minimum atomic E-state index is 0.284. The van der Waals surface area contributed by atoms with Crippen LogP contribution in [0.25, 0.3) is 0 Å². The van der Waals surface area contributed by atoms with Gasteiger partial charge in [-0.1, -0.05) is 34.1 Å². The zero-order valence-electron chi connectivity index (χ0n) is 13.0. The Morgan fingerprint density at radius 3 is 2.17 bits per heavy atom. The van der Waals surface area contributed by atoms with Crippen LogP contribution >= 0.6 is 0 Å². The lowest BCUT2D eigenvalue weighted by Crippen LogP contribution is -2.44. The molecule has 1 aliphatic rings. The SMILES string of the molecule is CCC(C)(C)C1CCC(NC(C)C(C)CO)CC1. The van der Waals surface area contributed by atoms with Gasteiger partial charge >= 0.3 is 0 Å². The number of hydrogen-bond acceptors (Lipinski definition) is 2. The van der Waals surface area contributed by atoms with Crippen LogP contribution in [-0.4, -0.2) is 23.8 Å². The largest absolute Gasteiger partial charge is 0.396 e. The van der Waals surface area contributed by atoms with Gasteiger partial charge in [0.25, 0.3) is 0 Å². The average Bonchev–Trinajstić information content (AvgIpc) is 2.38. The molecule has 1 saturated carbocycles. The van der Waals surface area contributed by atoms with Gasteiger partial charge in [0.2, 0.25) is 0 Å². The van der Waals surface area contributed by atoms with Gasteiger partial charge in [-0.05, 0) is 49.9 Å². The molecule has 0 bridgehead atoms. The van der Waals surface area contributed by atoms with Gasteiger partial charge in [-0.15, -0.1) is 0 Å². The molecule has 0 aromatic carbocycles. The zero-order valence-corrected chi connectivity index (χ0v) is 13.0. The van der Waals surface area contributed by atoms with Crippen LogP contribution < -0.4 is 5.32 Å². The molecule has 0 amide bonds. The lowest BCUT2D eigenvalue weighted by Gasteiger charge is -2.40. The second-order valence-corrected chi connectivity index (χ2v) is 7.01. The van der Waals surface area contributed by atoms with Crippen LogP contribution in [0.3, 0.4) is 0 Å². The Balaban J connectivity index is 2.36. The summed E-state index contributed by atoms with van der Waals surface area (Å²) in [6.45, 7) is 11.7. The number of rotatable bonds is 6. The summed E-state index contributed by atoms with van der Waals surface area (Å²) in [6, 6.07) is 1.09. The summed E-state index contributed by atoms with van der Waals surface area (Å²) in [6.07, 6.45) is 6.61. The summed E-state index contributed by atoms with van der Waals surface area (Å²) in [5, 5.41) is 12.9. The Hall–Kier alpha value is -0.0800. The third kappa shape index (κ3) is 4.24. The highest BCUT2D eigenvalue weighted by Gasteiger charge is 2.32. The van der Waals surface area contributed by atoms with Crippen molar-refractivity contribution in [1.82, 2.24) is 5.32 Å². The molecule has 0 radical (unpaired) electrons. The summed E-state index contributed by atoms with van der Waals surface area (Å²) in [5.74, 6) is 1.25. The van der Waals surface area contributed by atoms with Crippen molar-refractivity contribution in [2.75, 3.05) is 6.61 Å². The third-order valence-electron chi connectivity index (χ3n) is 5.38. The number of aliphatic hydroxyl groups excluding tert-OH is 1. The monoisotopic (exact) mass is 255 g/mol. The molecule has 0 heterocycles. The molecule has 1 rings (SSSR count). The van der Waals surface area contributed by atoms with Gasteiger partial charge in [-0.2, -0.15) is 0 Å². The summed E-state index contributed by atoms with van der Waals surface area (Å²) >= 11 is 0. The van der Waals surface area contributed by atoms with E-state index in [2.05, 4.69) is 39.9 Å². The molecule has 2 unspecified atom stereocenters. The second-order valence-electron chi connectivity index (χ2n) is 7.01. The minimum Gasteiger partial charge on any atom is -0.396 e. The van der Waals surface area contributed by atoms with Crippen molar-refractivity contribution in [3.63, 3.8) is 0 Å². The molecule has 0 saturated heterocycles. The number of aliphatic hydroxyl groups is 1. The zero-order chi connectivity index (χ0) is 13.8. The van der Waals surface area contributed by atoms with Gasteiger partial charge < -0.3 is 10.4 Å². The topological polar surface area (TPSA) is 32.3 Å². The van der Waals surface area contributed by atoms with Crippen molar-refractivity contribution in [1.29, 1.82) is 0 Å². The molecule has 108 valence electrons. The molecule has 0 aliphatic heterocycles. The van der Waals surface area contributed by atoms with Gasteiger partial charge in [0.15, 0.2) is 0 Å². The molecule has 1 fully saturated rings. The van der Waals surface area contributed by atoms with E-state index in [0.717, 1.165) is 5.92 Å². The fourth-order valence-electron chi connectivity index (χ4n) is 3.02. The lowest BCUT2D eigenvalue weighted by molar-refractivity contribution is 0.127. The minimum absolute atomic E-state index is 0.284. The Morgan fingerprint density at radius 2 is 1.72 bits per heavy atom. The molecule has 2 heteroatoms. The summed E-state index contributed by atoms with van der Waals surface area (Å²) in [4.78, 5) is 0. The predicted octanol–water partition coefficient (Wildman–Crippen LogP) is 3.59. The van der Waals surface area contributed by atoms with Crippen molar-refractivity contribution < 1.29 is 5.11 Å². The third-order valence-corrected chi connectivity index (χ3v) is 5.38. The van der Waals surface area contributed by atoms with Gasteiger partial charge in [0.05, 0.1) is 0 Å². The van der Waals surface area contributed by atoms with E-state index in [1.807, 2.05) is 0 Å². The van der Waals surface area contributed by atoms with Crippen molar-refractivity contribution >= 4 is 0 Å². The van der Waals surface area contributed by atoms with Crippen LogP contribution in [0, 0.1) is 17.3 Å². The smallest absolute Gasteiger partial charge is 0.0471 e. The van der Waals surface area contributed by atoms with E-state index in [4.69, 9.17) is 0 Å². The van der Waals surface area contributed by atoms with Crippen molar-refractivity contribution in [2.45, 2.75) is 78.8 Å². The van der Waals surface area contributed by atoms with Crippen LogP contribution in [0.5, 0.6) is 0 Å². The number of hydrogen-bond donors (Lipinski definition) is 2. The van der Waals surface area contributed by atoms with Gasteiger partial charge in [0, 0.05) is 18.7 Å². The van der Waals surface area contributed by atoms with E-state index < -0.39 is 0 Å². The Kier molecular flexibility index (Phi) is 6.13. The Bertz CT molecular complexity index is 231. The Morgan fingerprint density at radius 1 is 1.17 bits per heavy atom. The summed E-state index contributed by atoms with van der Waals surface area (Å²) < 4.78 is 0. The van der Waals surface area contributed by atoms with E-state index in [0.29, 0.717) is 23.4 Å². The summed E-state index contributed by atoms with van der Waals surface area (Å²) in [7, 11) is 0. The van der Waals surface area contributed by atoms with Crippen LogP contribution in [0.4, 0.5) is 0 Å². The van der Waals surface area contributed by atoms with Crippen LogP contribution in [0.15, 0.2) is 0 Å². The van der Waals surface area contributed by atoms with E-state index in [-0.39, 0.29) is 6.61 Å². The number of nitrogens with one attached hydrogen (secondary N) is 1. The van der Waals surface area contributed by atoms with Crippen molar-refractivity contribution in [2.24, 2.45) is 17.3 Å². The van der Waals surface area contributed by atoms with E-state index in [1.165, 1.54) is 32.1 Å². The first-order valence-electron chi connectivity index (χ1n) is 7.77. The standard InChI is InChI=1S/C16H33NO/c1-6-16(4,5)14-7-9-15(10-8-14)17-13(3)12(2)11-18/h12-15,17-18H,6-11H2,1-5H3. The molecular formula is C16H33NO. The molecule has 1 aliphatic carbocycles. The van der Waals surface area contributed by atoms with E-state index in [1.54, 1.807) is 0 Å². The molecule has 0 aromatic heterocycles. The maximum atomic E-state index is 9.18. The first-order valence-corrected chi connectivity index (χ1v) is 7.77. The fourth-order valence-corrected chi connectivity index (χ4v) is 3.02. The van der Waals surface area contributed by atoms with E-state index in [9.17, 15) is 5.11 Å². The van der Waals surface area contributed by atoms with Gasteiger partial charge in [-0.25, -0.2) is 0 Å². The fraction of sp³-hybridized carbons (Fsp3) is 1.00. The average molecular weight is 255 g/mol. The van der Waals surface area contributed by atoms with Crippen LogP contribution in [-0.2, 0) is 0 Å². The Labute approximate surface area is 114 Å². The first-order chi connectivity index (χ1) is 8.40. The highest BCUT2D eigenvalue weighted by atomic mass is 16.3. The molecule has 0 aromatic rings. The molecule has 0 spiro atoms. The van der Waals surface area contributed by atoms with Crippen LogP contribution in [0.2, 0.25) is 0 Å². The first kappa shape index (κ1) is 16.0. The normalized spacial score (nSPS) is 29.0. The lowest BCUT2D eigenvalue weighted by atomic mass is 9.69. The van der Waals surface area contributed by atoms with Gasteiger partial charge in [0.1, 0.15) is 0 Å².